The molecule has 0 bridgehead atoms. The summed E-state index contributed by atoms with van der Waals surface area (Å²) >= 11 is 5.66. The number of fused-ring (bicyclic) bond motifs is 1. The third-order valence-electron chi connectivity index (χ3n) is 2.66. The number of aromatic amines is 1. The van der Waals surface area contributed by atoms with E-state index < -0.39 is 0 Å². The van der Waals surface area contributed by atoms with Crippen molar-refractivity contribution in [3.63, 3.8) is 0 Å². The summed E-state index contributed by atoms with van der Waals surface area (Å²) < 4.78 is 0. The third-order valence-corrected chi connectivity index (χ3v) is 4.04. The summed E-state index contributed by atoms with van der Waals surface area (Å²) in [5.41, 5.74) is 1.01. The van der Waals surface area contributed by atoms with Crippen molar-refractivity contribution in [2.75, 3.05) is 0 Å². The fourth-order valence-electron chi connectivity index (χ4n) is 1.80. The average molecular weight is 274 g/mol. The molecule has 0 fully saturated rings. The minimum Gasteiger partial charge on any atom is -0.309 e. The highest BCUT2D eigenvalue weighted by atomic mass is 32.1. The van der Waals surface area contributed by atoms with Gasteiger partial charge in [-0.2, -0.15) is 12.6 Å². The molecule has 0 spiro atoms. The standard InChI is InChI=1S/C13H10N2OS2/c16-12-9-6-10(8-4-2-1-3-5-8)18-13(9)15-11(7-17)14-12/h1-6,17H,7H2,(H,14,15,16). The normalized spacial score (nSPS) is 10.9. The lowest BCUT2D eigenvalue weighted by Crippen LogP contribution is -2.09. The molecule has 0 aliphatic carbocycles. The largest absolute Gasteiger partial charge is 0.309 e. The number of aromatic nitrogens is 2. The first-order valence-electron chi connectivity index (χ1n) is 5.47. The van der Waals surface area contributed by atoms with E-state index in [9.17, 15) is 4.79 Å². The predicted molar refractivity (Wildman–Crippen MR) is 78.4 cm³/mol. The van der Waals surface area contributed by atoms with Gasteiger partial charge in [0, 0.05) is 10.6 Å². The lowest BCUT2D eigenvalue weighted by Gasteiger charge is -1.94. The number of benzene rings is 1. The minimum atomic E-state index is -0.0949. The number of thiophene rings is 1. The lowest BCUT2D eigenvalue weighted by molar-refractivity contribution is 1.05. The van der Waals surface area contributed by atoms with E-state index in [1.165, 1.54) is 11.3 Å². The molecule has 3 aromatic rings. The van der Waals surface area contributed by atoms with Crippen LogP contribution < -0.4 is 5.56 Å². The van der Waals surface area contributed by atoms with Gasteiger partial charge < -0.3 is 4.98 Å². The Balaban J connectivity index is 2.23. The van der Waals surface area contributed by atoms with Crippen LogP contribution in [0.2, 0.25) is 0 Å². The molecule has 0 aliphatic heterocycles. The third kappa shape index (κ3) is 1.95. The van der Waals surface area contributed by atoms with Crippen LogP contribution in [-0.4, -0.2) is 9.97 Å². The van der Waals surface area contributed by atoms with E-state index in [2.05, 4.69) is 22.6 Å². The molecule has 0 amide bonds. The van der Waals surface area contributed by atoms with Crippen LogP contribution in [0.5, 0.6) is 0 Å². The number of nitrogens with one attached hydrogen (secondary N) is 1. The van der Waals surface area contributed by atoms with Gasteiger partial charge in [-0.1, -0.05) is 30.3 Å². The Morgan fingerprint density at radius 2 is 2.06 bits per heavy atom. The SMILES string of the molecule is O=c1[nH]c(CS)nc2sc(-c3ccccc3)cc12. The van der Waals surface area contributed by atoms with Crippen LogP contribution in [0.4, 0.5) is 0 Å². The van der Waals surface area contributed by atoms with Crippen molar-refractivity contribution >= 4 is 34.2 Å². The molecule has 1 aromatic carbocycles. The van der Waals surface area contributed by atoms with Crippen molar-refractivity contribution < 1.29 is 0 Å². The molecular formula is C13H10N2OS2. The summed E-state index contributed by atoms with van der Waals surface area (Å²) in [6.07, 6.45) is 0. The molecule has 90 valence electrons. The van der Waals surface area contributed by atoms with Gasteiger partial charge in [-0.05, 0) is 11.6 Å². The first kappa shape index (κ1) is 11.5. The molecule has 1 N–H and O–H groups in total. The van der Waals surface area contributed by atoms with Gasteiger partial charge in [0.25, 0.3) is 5.56 Å². The Labute approximate surface area is 113 Å². The molecule has 0 saturated carbocycles. The molecule has 0 radical (unpaired) electrons. The fraction of sp³-hybridized carbons (Fsp3) is 0.0769. The Morgan fingerprint density at radius 1 is 1.28 bits per heavy atom. The zero-order valence-electron chi connectivity index (χ0n) is 9.38. The van der Waals surface area contributed by atoms with Crippen LogP contribution in [-0.2, 0) is 5.75 Å². The average Bonchev–Trinajstić information content (AvgIpc) is 2.84. The summed E-state index contributed by atoms with van der Waals surface area (Å²) in [5.74, 6) is 1.04. The number of hydrogen-bond acceptors (Lipinski definition) is 4. The Hall–Kier alpha value is -1.59. The number of H-pyrrole nitrogens is 1. The van der Waals surface area contributed by atoms with Gasteiger partial charge in [-0.3, -0.25) is 4.79 Å². The second-order valence-corrected chi connectivity index (χ2v) is 5.21. The van der Waals surface area contributed by atoms with Crippen molar-refractivity contribution in [2.45, 2.75) is 5.75 Å². The smallest absolute Gasteiger partial charge is 0.259 e. The van der Waals surface area contributed by atoms with E-state index in [0.717, 1.165) is 15.3 Å². The number of rotatable bonds is 2. The van der Waals surface area contributed by atoms with Crippen molar-refractivity contribution in [3.05, 3.63) is 52.6 Å². The second kappa shape index (κ2) is 4.59. The highest BCUT2D eigenvalue weighted by molar-refractivity contribution is 7.79. The van der Waals surface area contributed by atoms with E-state index in [4.69, 9.17) is 0 Å². The van der Waals surface area contributed by atoms with Gasteiger partial charge in [-0.25, -0.2) is 4.98 Å². The summed E-state index contributed by atoms with van der Waals surface area (Å²) in [7, 11) is 0. The number of thiol groups is 1. The molecule has 2 heterocycles. The van der Waals surface area contributed by atoms with Crippen LogP contribution in [0.1, 0.15) is 5.82 Å². The quantitative estimate of drug-likeness (QED) is 0.705. The lowest BCUT2D eigenvalue weighted by atomic mass is 10.2. The van der Waals surface area contributed by atoms with Crippen molar-refractivity contribution in [1.29, 1.82) is 0 Å². The van der Waals surface area contributed by atoms with Crippen LogP contribution in [0.25, 0.3) is 20.7 Å². The van der Waals surface area contributed by atoms with Crippen LogP contribution in [0.15, 0.2) is 41.2 Å². The predicted octanol–water partition coefficient (Wildman–Crippen LogP) is 3.08. The number of hydrogen-bond donors (Lipinski definition) is 2. The maximum absolute atomic E-state index is 11.9. The molecule has 5 heteroatoms. The monoisotopic (exact) mass is 274 g/mol. The van der Waals surface area contributed by atoms with Crippen molar-refractivity contribution in [3.8, 4) is 10.4 Å². The molecule has 0 atom stereocenters. The molecule has 0 unspecified atom stereocenters. The van der Waals surface area contributed by atoms with Gasteiger partial charge in [0.1, 0.15) is 10.7 Å². The first-order chi connectivity index (χ1) is 8.78. The fourth-order valence-corrected chi connectivity index (χ4v) is 3.00. The van der Waals surface area contributed by atoms with Gasteiger partial charge in [0.05, 0.1) is 5.39 Å². The van der Waals surface area contributed by atoms with Gasteiger partial charge in [-0.15, -0.1) is 11.3 Å². The van der Waals surface area contributed by atoms with Crippen LogP contribution >= 0.6 is 24.0 Å². The van der Waals surface area contributed by atoms with Gasteiger partial charge >= 0.3 is 0 Å². The molecule has 0 aliphatic rings. The van der Waals surface area contributed by atoms with Crippen LogP contribution in [0.3, 0.4) is 0 Å². The zero-order chi connectivity index (χ0) is 12.5. The second-order valence-electron chi connectivity index (χ2n) is 3.87. The van der Waals surface area contributed by atoms with E-state index in [-0.39, 0.29) is 5.56 Å². The highest BCUT2D eigenvalue weighted by Gasteiger charge is 2.09. The van der Waals surface area contributed by atoms with E-state index in [0.29, 0.717) is 17.0 Å². The van der Waals surface area contributed by atoms with Gasteiger partial charge in [0.15, 0.2) is 0 Å². The molecule has 2 aromatic heterocycles. The van der Waals surface area contributed by atoms with Crippen molar-refractivity contribution in [1.82, 2.24) is 9.97 Å². The van der Waals surface area contributed by atoms with Crippen LogP contribution in [0, 0.1) is 0 Å². The number of nitrogens with zero attached hydrogens (tertiary/aromatic N) is 1. The van der Waals surface area contributed by atoms with E-state index >= 15 is 0 Å². The molecule has 3 rings (SSSR count). The Morgan fingerprint density at radius 3 is 2.78 bits per heavy atom. The highest BCUT2D eigenvalue weighted by Crippen LogP contribution is 2.30. The summed E-state index contributed by atoms with van der Waals surface area (Å²) in [5, 5.41) is 0.643. The molecule has 3 nitrogen and oxygen atoms in total. The topological polar surface area (TPSA) is 45.8 Å². The van der Waals surface area contributed by atoms with Crippen molar-refractivity contribution in [2.24, 2.45) is 0 Å². The molecule has 0 saturated heterocycles. The summed E-state index contributed by atoms with van der Waals surface area (Å²) in [6.45, 7) is 0. The molecule has 18 heavy (non-hydrogen) atoms. The maximum Gasteiger partial charge on any atom is 0.259 e. The summed E-state index contributed by atoms with van der Waals surface area (Å²) in [6, 6.07) is 11.9. The zero-order valence-corrected chi connectivity index (χ0v) is 11.1. The Bertz CT molecular complexity index is 747. The first-order valence-corrected chi connectivity index (χ1v) is 6.92. The van der Waals surface area contributed by atoms with E-state index in [1.807, 2.05) is 36.4 Å². The molecular weight excluding hydrogens is 264 g/mol. The maximum atomic E-state index is 11.9. The van der Waals surface area contributed by atoms with Gasteiger partial charge in [0.2, 0.25) is 0 Å². The minimum absolute atomic E-state index is 0.0949. The summed E-state index contributed by atoms with van der Waals surface area (Å²) in [4.78, 5) is 20.8. The van der Waals surface area contributed by atoms with E-state index in [1.54, 1.807) is 0 Å². The Kier molecular flexibility index (Phi) is 2.93.